The maximum absolute atomic E-state index is 12.3. The molecule has 4 aromatic rings. The molecule has 4 nitrogen and oxygen atoms in total. The summed E-state index contributed by atoms with van der Waals surface area (Å²) in [7, 11) is 0. The van der Waals surface area contributed by atoms with Crippen LogP contribution in [0.4, 0.5) is 0 Å². The maximum atomic E-state index is 12.3. The predicted molar refractivity (Wildman–Crippen MR) is 112 cm³/mol. The summed E-state index contributed by atoms with van der Waals surface area (Å²) < 4.78 is 0.614. The van der Waals surface area contributed by atoms with Crippen LogP contribution in [0.25, 0.3) is 32.1 Å². The minimum absolute atomic E-state index is 0. The molecule has 0 saturated carbocycles. The molecule has 0 bridgehead atoms. The normalized spacial score (nSPS) is 12.3. The summed E-state index contributed by atoms with van der Waals surface area (Å²) >= 11 is 7.65. The van der Waals surface area contributed by atoms with E-state index in [0.29, 0.717) is 20.8 Å². The van der Waals surface area contributed by atoms with Crippen LogP contribution in [0.3, 0.4) is 0 Å². The van der Waals surface area contributed by atoms with Gasteiger partial charge in [0.15, 0.2) is 0 Å². The van der Waals surface area contributed by atoms with Gasteiger partial charge in [0.2, 0.25) is 0 Å². The number of nitrogens with one attached hydrogen (secondary N) is 1. The van der Waals surface area contributed by atoms with Crippen molar-refractivity contribution in [3.05, 3.63) is 62.7 Å². The van der Waals surface area contributed by atoms with Crippen LogP contribution in [0.2, 0.25) is 5.02 Å². The fourth-order valence-corrected chi connectivity index (χ4v) is 4.17. The maximum Gasteiger partial charge on any atom is 0.266 e. The Morgan fingerprint density at radius 1 is 1.23 bits per heavy atom. The molecule has 7 heteroatoms. The molecule has 0 aliphatic heterocycles. The van der Waals surface area contributed by atoms with Gasteiger partial charge in [-0.2, -0.15) is 0 Å². The number of hydrogen-bond donors (Lipinski definition) is 3. The number of rotatable bonds is 2. The number of fused-ring (bicyclic) bond motifs is 3. The number of H-pyrrole nitrogens is 1. The number of pyridine rings is 1. The molecule has 4 N–H and O–H groups in total. The number of thiophene rings is 1. The number of hydrogen-bond acceptors (Lipinski definition) is 4. The van der Waals surface area contributed by atoms with Crippen molar-refractivity contribution in [2.75, 3.05) is 0 Å². The second-order valence-corrected chi connectivity index (χ2v) is 7.35. The Kier molecular flexibility index (Phi) is 4.99. The first-order chi connectivity index (χ1) is 12.0. The SMILES string of the molecule is CC(N)c1ccc(-c2c(O)cc(Cl)c3[nH]c(=O)c4sccc4c23)cc1.Cl. The van der Waals surface area contributed by atoms with Crippen LogP contribution in [-0.4, -0.2) is 10.1 Å². The number of phenols is 1. The van der Waals surface area contributed by atoms with Gasteiger partial charge in [-0.3, -0.25) is 4.79 Å². The van der Waals surface area contributed by atoms with Crippen molar-refractivity contribution in [2.45, 2.75) is 13.0 Å². The van der Waals surface area contributed by atoms with E-state index in [2.05, 4.69) is 4.98 Å². The van der Waals surface area contributed by atoms with Crippen LogP contribution in [0.5, 0.6) is 5.75 Å². The summed E-state index contributed by atoms with van der Waals surface area (Å²) in [6, 6.07) is 11.0. The topological polar surface area (TPSA) is 79.1 Å². The van der Waals surface area contributed by atoms with Crippen molar-refractivity contribution in [3.63, 3.8) is 0 Å². The van der Waals surface area contributed by atoms with Crippen LogP contribution in [-0.2, 0) is 0 Å². The van der Waals surface area contributed by atoms with Gasteiger partial charge in [-0.25, -0.2) is 0 Å². The Morgan fingerprint density at radius 2 is 1.92 bits per heavy atom. The Morgan fingerprint density at radius 3 is 2.58 bits per heavy atom. The van der Waals surface area contributed by atoms with E-state index in [1.54, 1.807) is 0 Å². The number of phenolic OH excluding ortho intramolecular Hbond substituents is 1. The molecule has 26 heavy (non-hydrogen) atoms. The van der Waals surface area contributed by atoms with Gasteiger partial charge in [-0.05, 0) is 29.5 Å². The van der Waals surface area contributed by atoms with E-state index >= 15 is 0 Å². The minimum atomic E-state index is -0.177. The Balaban J connectivity index is 0.00000196. The van der Waals surface area contributed by atoms with Gasteiger partial charge in [0.1, 0.15) is 10.4 Å². The van der Waals surface area contributed by atoms with Gasteiger partial charge < -0.3 is 15.8 Å². The fraction of sp³-hybridized carbons (Fsp3) is 0.105. The van der Waals surface area contributed by atoms with Crippen LogP contribution in [0, 0.1) is 0 Å². The van der Waals surface area contributed by atoms with Crippen molar-refractivity contribution in [1.29, 1.82) is 0 Å². The summed E-state index contributed by atoms with van der Waals surface area (Å²) in [5, 5.41) is 14.3. The van der Waals surface area contributed by atoms with Gasteiger partial charge in [-0.1, -0.05) is 35.9 Å². The Hall–Kier alpha value is -2.05. The molecule has 0 fully saturated rings. The van der Waals surface area contributed by atoms with Gasteiger partial charge in [0, 0.05) is 28.4 Å². The van der Waals surface area contributed by atoms with Crippen LogP contribution in [0.15, 0.2) is 46.6 Å². The highest BCUT2D eigenvalue weighted by Gasteiger charge is 2.18. The van der Waals surface area contributed by atoms with E-state index in [1.165, 1.54) is 17.4 Å². The highest BCUT2D eigenvalue weighted by atomic mass is 35.5. The Bertz CT molecular complexity index is 1160. The fourth-order valence-electron chi connectivity index (χ4n) is 3.13. The molecule has 0 aliphatic carbocycles. The number of benzene rings is 2. The van der Waals surface area contributed by atoms with Crippen molar-refractivity contribution >= 4 is 56.3 Å². The first-order valence-electron chi connectivity index (χ1n) is 7.78. The smallest absolute Gasteiger partial charge is 0.266 e. The quantitative estimate of drug-likeness (QED) is 0.427. The highest BCUT2D eigenvalue weighted by Crippen LogP contribution is 2.42. The number of aromatic nitrogens is 1. The number of aromatic amines is 1. The third kappa shape index (κ3) is 2.87. The Labute approximate surface area is 164 Å². The second-order valence-electron chi connectivity index (χ2n) is 6.03. The lowest BCUT2D eigenvalue weighted by molar-refractivity contribution is 0.478. The standard InChI is InChI=1S/C19H15ClN2O2S.ClH/c1-9(21)10-2-4-11(5-3-10)15-14(23)8-13(20)17-16(15)12-6-7-25-18(12)19(24)22-17;/h2-9,23H,21H2,1H3,(H,22,24);1H. The molecule has 4 rings (SSSR count). The second kappa shape index (κ2) is 6.93. The monoisotopic (exact) mass is 406 g/mol. The lowest BCUT2D eigenvalue weighted by Gasteiger charge is -2.13. The first-order valence-corrected chi connectivity index (χ1v) is 9.03. The zero-order chi connectivity index (χ0) is 17.7. The van der Waals surface area contributed by atoms with E-state index in [4.69, 9.17) is 17.3 Å². The minimum Gasteiger partial charge on any atom is -0.507 e. The largest absolute Gasteiger partial charge is 0.507 e. The molecule has 0 radical (unpaired) electrons. The van der Waals surface area contributed by atoms with E-state index in [9.17, 15) is 9.90 Å². The number of nitrogens with two attached hydrogens (primary N) is 1. The summed E-state index contributed by atoms with van der Waals surface area (Å²) in [5.41, 5.74) is 8.76. The zero-order valence-corrected chi connectivity index (χ0v) is 16.1. The van der Waals surface area contributed by atoms with Crippen LogP contribution in [0.1, 0.15) is 18.5 Å². The van der Waals surface area contributed by atoms with E-state index in [1.807, 2.05) is 42.6 Å². The molecule has 2 aromatic heterocycles. The van der Waals surface area contributed by atoms with Crippen molar-refractivity contribution in [3.8, 4) is 16.9 Å². The van der Waals surface area contributed by atoms with Gasteiger partial charge in [0.05, 0.1) is 10.5 Å². The molecule has 134 valence electrons. The average Bonchev–Trinajstić information content (AvgIpc) is 3.07. The third-order valence-corrected chi connectivity index (χ3v) is 5.57. The third-order valence-electron chi connectivity index (χ3n) is 4.36. The summed E-state index contributed by atoms with van der Waals surface area (Å²) in [4.78, 5) is 15.1. The van der Waals surface area contributed by atoms with Crippen molar-refractivity contribution < 1.29 is 5.11 Å². The predicted octanol–water partition coefficient (Wildman–Crippen LogP) is 5.21. The molecule has 0 spiro atoms. The molecule has 1 unspecified atom stereocenters. The molecule has 1 atom stereocenters. The molecule has 0 amide bonds. The van der Waals surface area contributed by atoms with E-state index in [0.717, 1.165) is 21.9 Å². The summed E-state index contributed by atoms with van der Waals surface area (Å²) in [6.07, 6.45) is 0. The van der Waals surface area contributed by atoms with E-state index in [-0.39, 0.29) is 29.8 Å². The summed E-state index contributed by atoms with van der Waals surface area (Å²) in [6.45, 7) is 1.92. The molecule has 0 aliphatic rings. The molecule has 2 heterocycles. The van der Waals surface area contributed by atoms with Crippen LogP contribution < -0.4 is 11.3 Å². The number of halogens is 2. The highest BCUT2D eigenvalue weighted by molar-refractivity contribution is 7.17. The summed E-state index contributed by atoms with van der Waals surface area (Å²) in [5.74, 6) is 0.0746. The lowest BCUT2D eigenvalue weighted by Crippen LogP contribution is -2.05. The first kappa shape index (κ1) is 18.7. The number of aromatic hydroxyl groups is 1. The lowest BCUT2D eigenvalue weighted by atomic mass is 9.96. The molecule has 0 saturated heterocycles. The molecular weight excluding hydrogens is 391 g/mol. The average molecular weight is 407 g/mol. The van der Waals surface area contributed by atoms with Gasteiger partial charge in [-0.15, -0.1) is 23.7 Å². The zero-order valence-electron chi connectivity index (χ0n) is 13.7. The molecular formula is C19H16Cl2N2O2S. The van der Waals surface area contributed by atoms with E-state index < -0.39 is 0 Å². The van der Waals surface area contributed by atoms with Gasteiger partial charge in [0.25, 0.3) is 5.56 Å². The molecule has 2 aromatic carbocycles. The van der Waals surface area contributed by atoms with Gasteiger partial charge >= 0.3 is 0 Å². The van der Waals surface area contributed by atoms with Crippen LogP contribution >= 0.6 is 35.3 Å². The van der Waals surface area contributed by atoms with Crippen molar-refractivity contribution in [2.24, 2.45) is 5.73 Å². The van der Waals surface area contributed by atoms with Crippen molar-refractivity contribution in [1.82, 2.24) is 4.98 Å².